The zero-order chi connectivity index (χ0) is 19.8. The lowest BCUT2D eigenvalue weighted by Crippen LogP contribution is -2.19. The Morgan fingerprint density at radius 2 is 1.89 bits per heavy atom. The van der Waals surface area contributed by atoms with Crippen molar-refractivity contribution in [2.75, 3.05) is 5.32 Å². The van der Waals surface area contributed by atoms with Crippen molar-refractivity contribution in [3.8, 4) is 0 Å². The van der Waals surface area contributed by atoms with Gasteiger partial charge in [0, 0.05) is 11.1 Å². The van der Waals surface area contributed by atoms with E-state index in [0.29, 0.717) is 22.4 Å². The molecule has 0 aliphatic heterocycles. The highest BCUT2D eigenvalue weighted by Gasteiger charge is 2.15. The smallest absolute Gasteiger partial charge is 0.347 e. The Labute approximate surface area is 161 Å². The predicted molar refractivity (Wildman–Crippen MR) is 110 cm³/mol. The molecule has 6 nitrogen and oxygen atoms in total. The van der Waals surface area contributed by atoms with Gasteiger partial charge in [0.2, 0.25) is 5.91 Å². The molecule has 0 aliphatic carbocycles. The maximum absolute atomic E-state index is 12.6. The summed E-state index contributed by atoms with van der Waals surface area (Å²) in [5.41, 5.74) is 3.61. The standard InChI is InChI=1S/C22H21N3O3/c1-13(2)15-5-7-16(8-6-15)24-20(26)12-25-21-17-10-14(3)4-9-19(17)28-22(27)18(21)11-23-25/h4-11,13H,12H2,1-3H3,(H,24,26). The molecule has 0 unspecified atom stereocenters. The van der Waals surface area contributed by atoms with Gasteiger partial charge in [-0.05, 0) is 42.7 Å². The van der Waals surface area contributed by atoms with Gasteiger partial charge in [-0.1, -0.05) is 37.6 Å². The number of aryl methyl sites for hydroxylation is 1. The summed E-state index contributed by atoms with van der Waals surface area (Å²) in [5, 5.41) is 8.27. The molecule has 0 saturated heterocycles. The van der Waals surface area contributed by atoms with Gasteiger partial charge in [-0.15, -0.1) is 0 Å². The van der Waals surface area contributed by atoms with Crippen molar-refractivity contribution in [3.63, 3.8) is 0 Å². The molecule has 2 aromatic carbocycles. The fourth-order valence-corrected chi connectivity index (χ4v) is 3.30. The maximum atomic E-state index is 12.6. The quantitative estimate of drug-likeness (QED) is 0.542. The second-order valence-electron chi connectivity index (χ2n) is 7.28. The number of hydrogen-bond donors (Lipinski definition) is 1. The molecule has 0 radical (unpaired) electrons. The van der Waals surface area contributed by atoms with Gasteiger partial charge in [-0.3, -0.25) is 9.48 Å². The summed E-state index contributed by atoms with van der Waals surface area (Å²) in [4.78, 5) is 24.8. The average Bonchev–Trinajstić information content (AvgIpc) is 3.07. The second-order valence-corrected chi connectivity index (χ2v) is 7.28. The van der Waals surface area contributed by atoms with E-state index >= 15 is 0 Å². The Kier molecular flexibility index (Phi) is 4.47. The number of nitrogens with one attached hydrogen (secondary N) is 1. The maximum Gasteiger partial charge on any atom is 0.347 e. The molecule has 6 heteroatoms. The summed E-state index contributed by atoms with van der Waals surface area (Å²) >= 11 is 0. The fourth-order valence-electron chi connectivity index (χ4n) is 3.30. The van der Waals surface area contributed by atoms with E-state index in [1.165, 1.54) is 11.8 Å². The van der Waals surface area contributed by atoms with Crippen molar-refractivity contribution in [1.82, 2.24) is 9.78 Å². The molecule has 0 fully saturated rings. The number of carbonyl (C=O) groups excluding carboxylic acids is 1. The van der Waals surface area contributed by atoms with E-state index in [-0.39, 0.29) is 12.5 Å². The van der Waals surface area contributed by atoms with Crippen molar-refractivity contribution in [2.45, 2.75) is 33.2 Å². The van der Waals surface area contributed by atoms with E-state index in [1.807, 2.05) is 43.3 Å². The molecule has 28 heavy (non-hydrogen) atoms. The monoisotopic (exact) mass is 375 g/mol. The van der Waals surface area contributed by atoms with Crippen LogP contribution in [0.3, 0.4) is 0 Å². The molecule has 0 atom stereocenters. The molecule has 4 rings (SSSR count). The highest BCUT2D eigenvalue weighted by molar-refractivity contribution is 6.03. The molecule has 0 spiro atoms. The minimum atomic E-state index is -0.456. The van der Waals surface area contributed by atoms with Crippen LogP contribution in [0.1, 0.15) is 30.9 Å². The van der Waals surface area contributed by atoms with Crippen molar-refractivity contribution in [2.24, 2.45) is 0 Å². The lowest BCUT2D eigenvalue weighted by molar-refractivity contribution is -0.116. The Balaban J connectivity index is 1.66. The van der Waals surface area contributed by atoms with Gasteiger partial charge in [-0.25, -0.2) is 4.79 Å². The highest BCUT2D eigenvalue weighted by Crippen LogP contribution is 2.24. The molecule has 0 bridgehead atoms. The number of hydrogen-bond acceptors (Lipinski definition) is 4. The van der Waals surface area contributed by atoms with Crippen LogP contribution in [0, 0.1) is 6.92 Å². The third-order valence-corrected chi connectivity index (χ3v) is 4.81. The molecular formula is C22H21N3O3. The zero-order valence-electron chi connectivity index (χ0n) is 16.0. The van der Waals surface area contributed by atoms with E-state index in [0.717, 1.165) is 16.6 Å². The Hall–Kier alpha value is -3.41. The fraction of sp³-hybridized carbons (Fsp3) is 0.227. The first-order valence-corrected chi connectivity index (χ1v) is 9.21. The van der Waals surface area contributed by atoms with Crippen LogP contribution in [-0.4, -0.2) is 15.7 Å². The van der Waals surface area contributed by atoms with Gasteiger partial charge in [-0.2, -0.15) is 5.10 Å². The first-order valence-electron chi connectivity index (χ1n) is 9.21. The number of aromatic nitrogens is 2. The summed E-state index contributed by atoms with van der Waals surface area (Å²) in [6.45, 7) is 6.21. The lowest BCUT2D eigenvalue weighted by atomic mass is 10.0. The molecular weight excluding hydrogens is 354 g/mol. The summed E-state index contributed by atoms with van der Waals surface area (Å²) in [6, 6.07) is 13.4. The van der Waals surface area contributed by atoms with Gasteiger partial charge in [0.1, 0.15) is 17.5 Å². The summed E-state index contributed by atoms with van der Waals surface area (Å²) < 4.78 is 6.91. The normalized spacial score (nSPS) is 11.4. The van der Waals surface area contributed by atoms with Crippen molar-refractivity contribution < 1.29 is 9.21 Å². The lowest BCUT2D eigenvalue weighted by Gasteiger charge is -2.09. The van der Waals surface area contributed by atoms with Crippen LogP contribution in [0.25, 0.3) is 21.9 Å². The number of rotatable bonds is 4. The van der Waals surface area contributed by atoms with Crippen LogP contribution in [0.2, 0.25) is 0 Å². The zero-order valence-corrected chi connectivity index (χ0v) is 16.0. The van der Waals surface area contributed by atoms with Crippen molar-refractivity contribution in [3.05, 3.63) is 70.2 Å². The summed E-state index contributed by atoms with van der Waals surface area (Å²) in [5.74, 6) is 0.222. The van der Waals surface area contributed by atoms with Gasteiger partial charge in [0.15, 0.2) is 0 Å². The molecule has 1 N–H and O–H groups in total. The molecule has 142 valence electrons. The second kappa shape index (κ2) is 6.96. The number of fused-ring (bicyclic) bond motifs is 3. The van der Waals surface area contributed by atoms with E-state index in [2.05, 4.69) is 24.3 Å². The van der Waals surface area contributed by atoms with Crippen LogP contribution in [0.15, 0.2) is 57.9 Å². The minimum Gasteiger partial charge on any atom is -0.422 e. The topological polar surface area (TPSA) is 77.1 Å². The van der Waals surface area contributed by atoms with Gasteiger partial charge < -0.3 is 9.73 Å². The molecule has 4 aromatic rings. The predicted octanol–water partition coefficient (Wildman–Crippen LogP) is 4.21. The van der Waals surface area contributed by atoms with Gasteiger partial charge >= 0.3 is 5.63 Å². The van der Waals surface area contributed by atoms with Crippen LogP contribution >= 0.6 is 0 Å². The number of carbonyl (C=O) groups is 1. The SMILES string of the molecule is Cc1ccc2oc(=O)c3cnn(CC(=O)Nc4ccc(C(C)C)cc4)c3c2c1. The number of anilines is 1. The van der Waals surface area contributed by atoms with Gasteiger partial charge in [0.05, 0.1) is 11.7 Å². The highest BCUT2D eigenvalue weighted by atomic mass is 16.4. The number of amides is 1. The Morgan fingerprint density at radius 1 is 1.14 bits per heavy atom. The third-order valence-electron chi connectivity index (χ3n) is 4.81. The molecule has 2 heterocycles. The first kappa shape index (κ1) is 18.0. The van der Waals surface area contributed by atoms with Gasteiger partial charge in [0.25, 0.3) is 0 Å². The summed E-state index contributed by atoms with van der Waals surface area (Å²) in [6.07, 6.45) is 1.45. The number of nitrogens with zero attached hydrogens (tertiary/aromatic N) is 2. The van der Waals surface area contributed by atoms with E-state index in [4.69, 9.17) is 4.42 Å². The van der Waals surface area contributed by atoms with Crippen molar-refractivity contribution >= 4 is 33.5 Å². The van der Waals surface area contributed by atoms with Crippen LogP contribution in [0.4, 0.5) is 5.69 Å². The van der Waals surface area contributed by atoms with E-state index in [9.17, 15) is 9.59 Å². The first-order chi connectivity index (χ1) is 13.4. The van der Waals surface area contributed by atoms with Crippen LogP contribution < -0.4 is 10.9 Å². The molecule has 0 aliphatic rings. The molecule has 2 aromatic heterocycles. The molecule has 0 saturated carbocycles. The average molecular weight is 375 g/mol. The Bertz CT molecular complexity index is 1230. The van der Waals surface area contributed by atoms with Crippen LogP contribution in [0.5, 0.6) is 0 Å². The van der Waals surface area contributed by atoms with E-state index in [1.54, 1.807) is 10.7 Å². The summed E-state index contributed by atoms with van der Waals surface area (Å²) in [7, 11) is 0. The number of benzene rings is 2. The van der Waals surface area contributed by atoms with Crippen LogP contribution in [-0.2, 0) is 11.3 Å². The third kappa shape index (κ3) is 3.29. The molecule has 1 amide bonds. The van der Waals surface area contributed by atoms with Crippen molar-refractivity contribution in [1.29, 1.82) is 0 Å². The largest absolute Gasteiger partial charge is 0.422 e. The van der Waals surface area contributed by atoms with E-state index < -0.39 is 5.63 Å². The minimum absolute atomic E-state index is 0.00191. The Morgan fingerprint density at radius 3 is 2.61 bits per heavy atom.